The number of ether oxygens (including phenoxy) is 2. The van der Waals surface area contributed by atoms with Gasteiger partial charge in [0.15, 0.2) is 6.10 Å². The highest BCUT2D eigenvalue weighted by Crippen LogP contribution is 2.13. The summed E-state index contributed by atoms with van der Waals surface area (Å²) in [6.07, 6.45) is -0.683. The molecule has 1 amide bonds. The molecule has 0 aliphatic rings. The molecule has 2 atom stereocenters. The van der Waals surface area contributed by atoms with Crippen LogP contribution in [-0.4, -0.2) is 24.7 Å². The molecule has 128 valence electrons. The molecule has 4 nitrogen and oxygen atoms in total. The van der Waals surface area contributed by atoms with E-state index in [0.29, 0.717) is 12.4 Å². The van der Waals surface area contributed by atoms with Crippen molar-refractivity contribution in [3.05, 3.63) is 59.9 Å². The lowest BCUT2D eigenvalue weighted by Crippen LogP contribution is -2.43. The summed E-state index contributed by atoms with van der Waals surface area (Å²) in [5.74, 6) is 0.612. The molecule has 2 aromatic rings. The van der Waals surface area contributed by atoms with Crippen LogP contribution in [0.5, 0.6) is 11.5 Å². The van der Waals surface area contributed by atoms with Gasteiger partial charge in [0, 0.05) is 0 Å². The van der Waals surface area contributed by atoms with E-state index in [-0.39, 0.29) is 17.8 Å². The predicted octanol–water partition coefficient (Wildman–Crippen LogP) is 3.49. The molecule has 2 rings (SSSR count). The van der Waals surface area contributed by atoms with Gasteiger partial charge in [0.2, 0.25) is 0 Å². The number of carbonyl (C=O) groups is 1. The van der Waals surface area contributed by atoms with Gasteiger partial charge in [-0.3, -0.25) is 4.79 Å². The van der Waals surface area contributed by atoms with Gasteiger partial charge in [-0.05, 0) is 57.2 Å². The van der Waals surface area contributed by atoms with Gasteiger partial charge in [0.1, 0.15) is 23.9 Å². The number of halogens is 1. The van der Waals surface area contributed by atoms with Crippen LogP contribution >= 0.6 is 0 Å². The number of amides is 1. The average molecular weight is 331 g/mol. The minimum absolute atomic E-state index is 0.168. The molecule has 0 saturated carbocycles. The Kier molecular flexibility index (Phi) is 6.18. The molecule has 2 aromatic carbocycles. The molecule has 0 aromatic heterocycles. The molecule has 0 unspecified atom stereocenters. The first kappa shape index (κ1) is 17.8. The van der Waals surface area contributed by atoms with E-state index in [0.717, 1.165) is 11.3 Å². The van der Waals surface area contributed by atoms with Crippen molar-refractivity contribution < 1.29 is 18.7 Å². The number of rotatable bonds is 7. The van der Waals surface area contributed by atoms with E-state index in [1.807, 2.05) is 38.1 Å². The molecule has 0 aliphatic heterocycles. The van der Waals surface area contributed by atoms with Crippen LogP contribution < -0.4 is 14.8 Å². The zero-order valence-electron chi connectivity index (χ0n) is 14.1. The third-order valence-corrected chi connectivity index (χ3v) is 3.41. The molecule has 0 bridgehead atoms. The Balaban J connectivity index is 1.77. The molecule has 0 fully saturated rings. The maximum Gasteiger partial charge on any atom is 0.261 e. The second-order valence-electron chi connectivity index (χ2n) is 5.75. The summed E-state index contributed by atoms with van der Waals surface area (Å²) in [5.41, 5.74) is 1.16. The van der Waals surface area contributed by atoms with Crippen molar-refractivity contribution in [2.45, 2.75) is 32.9 Å². The molecule has 0 radical (unpaired) electrons. The van der Waals surface area contributed by atoms with E-state index in [1.54, 1.807) is 6.92 Å². The summed E-state index contributed by atoms with van der Waals surface area (Å²) in [7, 11) is 0. The lowest BCUT2D eigenvalue weighted by atomic mass is 10.2. The van der Waals surface area contributed by atoms with Gasteiger partial charge in [-0.25, -0.2) is 4.39 Å². The average Bonchev–Trinajstić information content (AvgIpc) is 2.56. The second-order valence-corrected chi connectivity index (χ2v) is 5.75. The van der Waals surface area contributed by atoms with Crippen molar-refractivity contribution >= 4 is 5.91 Å². The van der Waals surface area contributed by atoms with Gasteiger partial charge in [-0.1, -0.05) is 17.7 Å². The third kappa shape index (κ3) is 5.57. The molecule has 0 spiro atoms. The van der Waals surface area contributed by atoms with Crippen LogP contribution in [0.15, 0.2) is 48.5 Å². The molecule has 5 heteroatoms. The van der Waals surface area contributed by atoms with Crippen LogP contribution in [0, 0.1) is 12.7 Å². The first-order valence-corrected chi connectivity index (χ1v) is 7.86. The van der Waals surface area contributed by atoms with Gasteiger partial charge in [0.25, 0.3) is 5.91 Å². The van der Waals surface area contributed by atoms with Gasteiger partial charge >= 0.3 is 0 Å². The maximum atomic E-state index is 12.9. The predicted molar refractivity (Wildman–Crippen MR) is 90.8 cm³/mol. The summed E-state index contributed by atoms with van der Waals surface area (Å²) < 4.78 is 24.0. The summed E-state index contributed by atoms with van der Waals surface area (Å²) in [4.78, 5) is 12.1. The van der Waals surface area contributed by atoms with Gasteiger partial charge < -0.3 is 14.8 Å². The Morgan fingerprint density at radius 2 is 1.62 bits per heavy atom. The first-order chi connectivity index (χ1) is 11.4. The minimum Gasteiger partial charge on any atom is -0.491 e. The highest BCUT2D eigenvalue weighted by Gasteiger charge is 2.17. The van der Waals surface area contributed by atoms with Crippen molar-refractivity contribution in [3.63, 3.8) is 0 Å². The third-order valence-electron chi connectivity index (χ3n) is 3.41. The van der Waals surface area contributed by atoms with Gasteiger partial charge in [0.05, 0.1) is 6.04 Å². The smallest absolute Gasteiger partial charge is 0.261 e. The summed E-state index contributed by atoms with van der Waals surface area (Å²) in [5, 5.41) is 2.83. The van der Waals surface area contributed by atoms with Crippen LogP contribution in [0.25, 0.3) is 0 Å². The molecule has 1 N–H and O–H groups in total. The number of hydrogen-bond donors (Lipinski definition) is 1. The fourth-order valence-corrected chi connectivity index (χ4v) is 2.03. The van der Waals surface area contributed by atoms with Gasteiger partial charge in [-0.2, -0.15) is 0 Å². The van der Waals surface area contributed by atoms with E-state index < -0.39 is 6.10 Å². The second kappa shape index (κ2) is 8.34. The summed E-state index contributed by atoms with van der Waals surface area (Å²) in [6.45, 7) is 5.87. The van der Waals surface area contributed by atoms with E-state index in [9.17, 15) is 9.18 Å². The molecule has 0 aliphatic carbocycles. The lowest BCUT2D eigenvalue weighted by molar-refractivity contribution is -0.128. The van der Waals surface area contributed by atoms with Crippen LogP contribution in [0.1, 0.15) is 19.4 Å². The van der Waals surface area contributed by atoms with Crippen molar-refractivity contribution in [1.29, 1.82) is 0 Å². The van der Waals surface area contributed by atoms with E-state index in [1.165, 1.54) is 24.3 Å². The highest BCUT2D eigenvalue weighted by molar-refractivity contribution is 5.80. The van der Waals surface area contributed by atoms with Crippen molar-refractivity contribution in [2.24, 2.45) is 0 Å². The van der Waals surface area contributed by atoms with Crippen LogP contribution in [0.2, 0.25) is 0 Å². The number of carbonyl (C=O) groups excluding carboxylic acids is 1. The largest absolute Gasteiger partial charge is 0.491 e. The Morgan fingerprint density at radius 1 is 1.04 bits per heavy atom. The van der Waals surface area contributed by atoms with Crippen molar-refractivity contribution in [2.75, 3.05) is 6.61 Å². The fourth-order valence-electron chi connectivity index (χ4n) is 2.03. The fraction of sp³-hybridized carbons (Fsp3) is 0.316. The molecule has 0 saturated heterocycles. The highest BCUT2D eigenvalue weighted by atomic mass is 19.1. The van der Waals surface area contributed by atoms with Crippen LogP contribution in [0.4, 0.5) is 4.39 Å². The molecular weight excluding hydrogens is 309 g/mol. The summed E-state index contributed by atoms with van der Waals surface area (Å²) >= 11 is 0. The normalized spacial score (nSPS) is 13.0. The zero-order valence-corrected chi connectivity index (χ0v) is 14.1. The zero-order chi connectivity index (χ0) is 17.5. The van der Waals surface area contributed by atoms with E-state index >= 15 is 0 Å². The first-order valence-electron chi connectivity index (χ1n) is 7.86. The SMILES string of the molecule is Cc1ccc(OC[C@H](C)NC(=O)[C@@H](C)Oc2ccc(F)cc2)cc1. The monoisotopic (exact) mass is 331 g/mol. The Morgan fingerprint density at radius 3 is 2.25 bits per heavy atom. The number of aryl methyl sites for hydroxylation is 1. The Hall–Kier alpha value is -2.56. The molecule has 0 heterocycles. The lowest BCUT2D eigenvalue weighted by Gasteiger charge is -2.19. The van der Waals surface area contributed by atoms with Crippen LogP contribution in [0.3, 0.4) is 0 Å². The van der Waals surface area contributed by atoms with Crippen molar-refractivity contribution in [1.82, 2.24) is 5.32 Å². The van der Waals surface area contributed by atoms with Crippen LogP contribution in [-0.2, 0) is 4.79 Å². The molecule has 24 heavy (non-hydrogen) atoms. The standard InChI is InChI=1S/C19H22FNO3/c1-13-4-8-17(9-5-13)23-12-14(2)21-19(22)15(3)24-18-10-6-16(20)7-11-18/h4-11,14-15H,12H2,1-3H3,(H,21,22)/t14-,15+/m0/s1. The maximum absolute atomic E-state index is 12.9. The topological polar surface area (TPSA) is 47.6 Å². The summed E-state index contributed by atoms with van der Waals surface area (Å²) in [6, 6.07) is 13.1. The minimum atomic E-state index is -0.683. The Labute approximate surface area is 141 Å². The Bertz CT molecular complexity index is 655. The number of nitrogens with one attached hydrogen (secondary N) is 1. The van der Waals surface area contributed by atoms with E-state index in [2.05, 4.69) is 5.32 Å². The quantitative estimate of drug-likeness (QED) is 0.845. The van der Waals surface area contributed by atoms with Gasteiger partial charge in [-0.15, -0.1) is 0 Å². The van der Waals surface area contributed by atoms with E-state index in [4.69, 9.17) is 9.47 Å². The van der Waals surface area contributed by atoms with Crippen molar-refractivity contribution in [3.8, 4) is 11.5 Å². The molecular formula is C19H22FNO3. The number of hydrogen-bond acceptors (Lipinski definition) is 3. The number of benzene rings is 2.